The van der Waals surface area contributed by atoms with E-state index in [0.29, 0.717) is 116 Å². The predicted molar refractivity (Wildman–Crippen MR) is 329 cm³/mol. The van der Waals surface area contributed by atoms with Crippen LogP contribution < -0.4 is 70.8 Å². The van der Waals surface area contributed by atoms with Crippen LogP contribution in [0.1, 0.15) is 166 Å². The van der Waals surface area contributed by atoms with Crippen molar-refractivity contribution in [2.75, 3.05) is 39.5 Å². The molecule has 3 fully saturated rings. The van der Waals surface area contributed by atoms with Crippen molar-refractivity contribution in [3.05, 3.63) is 29.8 Å². The van der Waals surface area contributed by atoms with E-state index >= 15 is 0 Å². The number of hydrogen-bond acceptors (Lipinski definition) is 18. The molecule has 28 nitrogen and oxygen atoms in total. The van der Waals surface area contributed by atoms with Gasteiger partial charge < -0.3 is 96.3 Å². The minimum Gasteiger partial charge on any atom is -0.508 e. The van der Waals surface area contributed by atoms with Crippen LogP contribution in [0.3, 0.4) is 0 Å². The molecule has 0 spiro atoms. The maximum Gasteiger partial charge on any atom is 0.225 e. The van der Waals surface area contributed by atoms with Crippen LogP contribution in [0.4, 0.5) is 0 Å². The van der Waals surface area contributed by atoms with Crippen molar-refractivity contribution in [1.82, 2.24) is 47.9 Å². The smallest absolute Gasteiger partial charge is 0.225 e. The first-order chi connectivity index (χ1) is 42.7. The topological polar surface area (TPSA) is 484 Å². The molecule has 0 radical (unpaired) electrons. The molecule has 0 bridgehead atoms. The van der Waals surface area contributed by atoms with Crippen LogP contribution in [0.2, 0.25) is 0 Å². The average Bonchev–Trinajstić information content (AvgIpc) is 3.69. The molecule has 502 valence electrons. The third-order valence-electron chi connectivity index (χ3n) is 16.9. The number of unbranched alkanes of at least 4 members (excludes halogenated alkanes) is 2. The number of primary amides is 1. The van der Waals surface area contributed by atoms with Crippen LogP contribution in [0.15, 0.2) is 24.3 Å². The number of aliphatic hydroxyl groups is 4. The molecule has 0 unspecified atom stereocenters. The Hall–Kier alpha value is -6.56. The van der Waals surface area contributed by atoms with E-state index in [1.165, 1.54) is 0 Å². The van der Waals surface area contributed by atoms with Gasteiger partial charge in [-0.1, -0.05) is 63.5 Å². The number of nitrogens with one attached hydrogen (secondary N) is 9. The Labute approximate surface area is 521 Å². The molecule has 0 aromatic heterocycles. The summed E-state index contributed by atoms with van der Waals surface area (Å²) in [6.45, 7) is -1.65. The highest BCUT2D eigenvalue weighted by Crippen LogP contribution is 2.28. The van der Waals surface area contributed by atoms with Gasteiger partial charge in [-0.05, 0) is 101 Å². The fraction of sp³-hybridized carbons (Fsp3) is 0.738. The van der Waals surface area contributed by atoms with Gasteiger partial charge in [-0.25, -0.2) is 0 Å². The minimum absolute atomic E-state index is 0.00537. The summed E-state index contributed by atoms with van der Waals surface area (Å²) >= 11 is 0. The van der Waals surface area contributed by atoms with Crippen LogP contribution in [-0.2, 0) is 54.4 Å². The molecular formula is C61H103N13O15. The van der Waals surface area contributed by atoms with Gasteiger partial charge in [0.05, 0.1) is 68.3 Å². The number of carbonyl (C=O) groups excluding carboxylic acids is 10. The van der Waals surface area contributed by atoms with E-state index in [1.54, 1.807) is 24.3 Å². The van der Waals surface area contributed by atoms with E-state index in [4.69, 9.17) is 22.9 Å². The second-order valence-corrected chi connectivity index (χ2v) is 24.4. The van der Waals surface area contributed by atoms with Crippen LogP contribution in [0, 0.1) is 17.8 Å². The molecule has 4 rings (SSSR count). The first kappa shape index (κ1) is 74.9. The van der Waals surface area contributed by atoms with Crippen LogP contribution in [0.5, 0.6) is 5.75 Å². The van der Waals surface area contributed by atoms with Gasteiger partial charge in [0.25, 0.3) is 0 Å². The highest BCUT2D eigenvalue weighted by Gasteiger charge is 2.37. The maximum atomic E-state index is 13.8. The minimum atomic E-state index is -1.09. The molecule has 3 aliphatic carbocycles. The first-order valence-electron chi connectivity index (χ1n) is 32.0. The maximum absolute atomic E-state index is 13.8. The van der Waals surface area contributed by atoms with Crippen LogP contribution >= 0.6 is 0 Å². The van der Waals surface area contributed by atoms with Gasteiger partial charge in [-0.15, -0.1) is 0 Å². The lowest BCUT2D eigenvalue weighted by atomic mass is 9.83. The van der Waals surface area contributed by atoms with Gasteiger partial charge in [0.1, 0.15) is 5.75 Å². The van der Waals surface area contributed by atoms with Crippen molar-refractivity contribution < 1.29 is 73.5 Å². The van der Waals surface area contributed by atoms with Crippen molar-refractivity contribution in [3.8, 4) is 5.75 Å². The van der Waals surface area contributed by atoms with E-state index in [0.717, 1.165) is 24.8 Å². The standard InChI is InChI=1S/C61H103N13O15/c62-23-9-7-11-39(27-52(65)80)69-59(87)46-13-1-4-16-49(46)73-57(85)29-41(33-75)67-55(83)32-44(36-78)71-61(89)48-15-3-6-18-51(48)74-58(86)30-42(34-76)68-54(82)31-43(35-77)70-60(88)47-14-2-5-17-50(47)72-56(84)28-40(12-8-10-24-63)66-53(81)26-38(64)25-37-19-21-45(79)22-20-37/h19-22,38-44,46-51,75-79H,1-18,23-36,62-64H2,(H2,65,80)(H,66,81)(H,67,83)(H,68,82)(H,69,87)(H,70,88)(H,71,89)(H,72,84)(H,73,85)(H,74,86)/t38-,39-,40-,41+,42+,43+,44+,46-,47-,48-,49-,50-,51-/m0/s1. The Kier molecular flexibility index (Phi) is 34.5. The van der Waals surface area contributed by atoms with Crippen molar-refractivity contribution in [2.45, 2.75) is 227 Å². The molecule has 3 saturated carbocycles. The van der Waals surface area contributed by atoms with Gasteiger partial charge in [-0.2, -0.15) is 0 Å². The highest BCUT2D eigenvalue weighted by molar-refractivity contribution is 5.87. The third kappa shape index (κ3) is 28.4. The van der Waals surface area contributed by atoms with Crippen molar-refractivity contribution in [2.24, 2.45) is 40.7 Å². The molecular weight excluding hydrogens is 1150 g/mol. The number of aliphatic hydroxyl groups excluding tert-OH is 4. The monoisotopic (exact) mass is 1260 g/mol. The summed E-state index contributed by atoms with van der Waals surface area (Å²) in [6, 6.07) is -1.05. The number of nitrogens with two attached hydrogens (primary N) is 4. The van der Waals surface area contributed by atoms with E-state index in [-0.39, 0.29) is 49.2 Å². The van der Waals surface area contributed by atoms with E-state index in [9.17, 15) is 73.5 Å². The van der Waals surface area contributed by atoms with Gasteiger partial charge in [0, 0.05) is 81.2 Å². The zero-order valence-corrected chi connectivity index (χ0v) is 51.6. The Balaban J connectivity index is 1.23. The Morgan fingerprint density at radius 1 is 0.416 bits per heavy atom. The lowest BCUT2D eigenvalue weighted by Gasteiger charge is -2.33. The predicted octanol–water partition coefficient (Wildman–Crippen LogP) is -2.36. The fourth-order valence-corrected chi connectivity index (χ4v) is 12.2. The van der Waals surface area contributed by atoms with Gasteiger partial charge in [0.2, 0.25) is 59.1 Å². The van der Waals surface area contributed by atoms with Crippen molar-refractivity contribution >= 4 is 59.1 Å². The van der Waals surface area contributed by atoms with Gasteiger partial charge in [0.15, 0.2) is 0 Å². The zero-order chi connectivity index (χ0) is 65.3. The highest BCUT2D eigenvalue weighted by atomic mass is 16.3. The molecule has 0 saturated heterocycles. The molecule has 0 heterocycles. The number of hydrogen-bond donors (Lipinski definition) is 18. The van der Waals surface area contributed by atoms with Crippen LogP contribution in [-0.4, -0.2) is 185 Å². The molecule has 28 heteroatoms. The largest absolute Gasteiger partial charge is 0.508 e. The number of aromatic hydroxyl groups is 1. The molecule has 22 N–H and O–H groups in total. The number of amides is 10. The Morgan fingerprint density at radius 3 is 1.10 bits per heavy atom. The number of phenolic OH excluding ortho intramolecular Hbond substituents is 1. The second kappa shape index (κ2) is 40.9. The Morgan fingerprint density at radius 2 is 0.730 bits per heavy atom. The number of rotatable bonds is 40. The lowest BCUT2D eigenvalue weighted by Crippen LogP contribution is -2.53. The van der Waals surface area contributed by atoms with Crippen molar-refractivity contribution in [3.63, 3.8) is 0 Å². The summed E-state index contributed by atoms with van der Waals surface area (Å²) in [5, 5.41) is 75.6. The molecule has 3 aliphatic rings. The molecule has 0 aliphatic heterocycles. The molecule has 1 aromatic rings. The lowest BCUT2D eigenvalue weighted by molar-refractivity contribution is -0.132. The number of phenols is 1. The zero-order valence-electron chi connectivity index (χ0n) is 51.6. The van der Waals surface area contributed by atoms with Crippen LogP contribution in [0.25, 0.3) is 0 Å². The van der Waals surface area contributed by atoms with Crippen molar-refractivity contribution in [1.29, 1.82) is 0 Å². The summed E-state index contributed by atoms with van der Waals surface area (Å²) < 4.78 is 0. The summed E-state index contributed by atoms with van der Waals surface area (Å²) in [5.74, 6) is -7.01. The third-order valence-corrected chi connectivity index (χ3v) is 16.9. The summed E-state index contributed by atoms with van der Waals surface area (Å²) in [7, 11) is 0. The number of carbonyl (C=O) groups is 10. The molecule has 89 heavy (non-hydrogen) atoms. The average molecular weight is 1260 g/mol. The molecule has 10 amide bonds. The van der Waals surface area contributed by atoms with E-state index < -0.39 is 165 Å². The fourth-order valence-electron chi connectivity index (χ4n) is 12.2. The first-order valence-corrected chi connectivity index (χ1v) is 32.0. The summed E-state index contributed by atoms with van der Waals surface area (Å²) in [4.78, 5) is 133. The van der Waals surface area contributed by atoms with Gasteiger partial charge >= 0.3 is 0 Å². The second-order valence-electron chi connectivity index (χ2n) is 24.4. The SMILES string of the molecule is NCCCC[C@@H](CC(=O)N[C@H]1CCCC[C@@H]1C(=O)N[C@@H](CO)CC(=O)N[C@@H](CO)CC(=O)N[C@H]1CCCC[C@@H]1C(=O)N[C@@H](CO)CC(=O)N[C@@H](CO)CC(=O)N[C@H]1CCCC[C@@H]1C(=O)N[C@@H](CCCCN)CC(N)=O)NC(=O)C[C@@H](N)Cc1ccc(O)cc1. The quantitative estimate of drug-likeness (QED) is 0.0306. The van der Waals surface area contributed by atoms with Gasteiger partial charge in [-0.3, -0.25) is 47.9 Å². The molecule has 1 aromatic carbocycles. The van der Waals surface area contributed by atoms with E-state index in [1.807, 2.05) is 0 Å². The Bertz CT molecular complexity index is 2410. The molecule has 13 atom stereocenters. The summed E-state index contributed by atoms with van der Waals surface area (Å²) in [5.41, 5.74) is 23.9. The number of benzene rings is 1. The summed E-state index contributed by atoms with van der Waals surface area (Å²) in [6.07, 6.45) is 9.41. The normalized spacial score (nSPS) is 21.6. The van der Waals surface area contributed by atoms with E-state index in [2.05, 4.69) is 47.9 Å².